The summed E-state index contributed by atoms with van der Waals surface area (Å²) in [7, 11) is 0. The summed E-state index contributed by atoms with van der Waals surface area (Å²) in [4.78, 5) is 24.6. The van der Waals surface area contributed by atoms with Crippen LogP contribution in [0.15, 0.2) is 0 Å². The summed E-state index contributed by atoms with van der Waals surface area (Å²) in [6.45, 7) is 4.33. The maximum absolute atomic E-state index is 11.6. The van der Waals surface area contributed by atoms with Crippen molar-refractivity contribution in [1.82, 2.24) is 4.90 Å². The lowest BCUT2D eigenvalue weighted by molar-refractivity contribution is -0.144. The molecular weight excluding hydrogens is 226 g/mol. The highest BCUT2D eigenvalue weighted by Gasteiger charge is 2.34. The molecule has 16 heavy (non-hydrogen) atoms. The number of aliphatic hydroxyl groups excluding tert-OH is 1. The van der Waals surface area contributed by atoms with E-state index < -0.39 is 0 Å². The molecule has 1 aliphatic heterocycles. The maximum atomic E-state index is 11.6. The van der Waals surface area contributed by atoms with Crippen LogP contribution in [-0.2, 0) is 9.59 Å². The zero-order valence-electron chi connectivity index (χ0n) is 9.86. The SMILES string of the molecule is CCC(CC)(CO)CN1C(=O)CSCC1=O. The summed E-state index contributed by atoms with van der Waals surface area (Å²) >= 11 is 1.36. The molecule has 0 saturated carbocycles. The lowest BCUT2D eigenvalue weighted by Crippen LogP contribution is -2.49. The molecule has 1 aliphatic rings. The number of aliphatic hydroxyl groups is 1. The third kappa shape index (κ3) is 2.77. The van der Waals surface area contributed by atoms with Gasteiger partial charge in [-0.25, -0.2) is 0 Å². The molecule has 1 rings (SSSR count). The summed E-state index contributed by atoms with van der Waals surface area (Å²) in [5.41, 5.74) is -0.326. The van der Waals surface area contributed by atoms with Crippen LogP contribution in [0, 0.1) is 5.41 Å². The Balaban J connectivity index is 2.76. The number of hydrogen-bond donors (Lipinski definition) is 1. The number of hydrogen-bond acceptors (Lipinski definition) is 4. The first-order valence-electron chi connectivity index (χ1n) is 5.60. The molecule has 1 heterocycles. The first kappa shape index (κ1) is 13.5. The van der Waals surface area contributed by atoms with Gasteiger partial charge in [0.2, 0.25) is 11.8 Å². The largest absolute Gasteiger partial charge is 0.396 e. The normalized spacial score (nSPS) is 18.1. The molecule has 4 nitrogen and oxygen atoms in total. The van der Waals surface area contributed by atoms with Crippen LogP contribution in [0.25, 0.3) is 0 Å². The quantitative estimate of drug-likeness (QED) is 0.731. The molecule has 0 atom stereocenters. The van der Waals surface area contributed by atoms with Gasteiger partial charge in [0.05, 0.1) is 18.1 Å². The van der Waals surface area contributed by atoms with Gasteiger partial charge in [-0.1, -0.05) is 13.8 Å². The van der Waals surface area contributed by atoms with Crippen LogP contribution in [0.4, 0.5) is 0 Å². The number of carbonyl (C=O) groups is 2. The van der Waals surface area contributed by atoms with Gasteiger partial charge >= 0.3 is 0 Å². The maximum Gasteiger partial charge on any atom is 0.239 e. The predicted octanol–water partition coefficient (Wildman–Crippen LogP) is 0.887. The molecule has 0 bridgehead atoms. The van der Waals surface area contributed by atoms with Crippen LogP contribution in [0.2, 0.25) is 0 Å². The van der Waals surface area contributed by atoms with E-state index in [1.807, 2.05) is 13.8 Å². The Morgan fingerprint density at radius 1 is 1.25 bits per heavy atom. The van der Waals surface area contributed by atoms with Crippen LogP contribution in [0.3, 0.4) is 0 Å². The van der Waals surface area contributed by atoms with Crippen molar-refractivity contribution in [2.24, 2.45) is 5.41 Å². The third-order valence-electron chi connectivity index (χ3n) is 3.38. The lowest BCUT2D eigenvalue weighted by atomic mass is 9.82. The summed E-state index contributed by atoms with van der Waals surface area (Å²) in [6.07, 6.45) is 1.54. The average Bonchev–Trinajstić information content (AvgIpc) is 2.30. The summed E-state index contributed by atoms with van der Waals surface area (Å²) < 4.78 is 0. The fourth-order valence-corrected chi connectivity index (χ4v) is 2.54. The smallest absolute Gasteiger partial charge is 0.239 e. The molecule has 0 aliphatic carbocycles. The van der Waals surface area contributed by atoms with Crippen molar-refractivity contribution >= 4 is 23.6 Å². The van der Waals surface area contributed by atoms with E-state index in [2.05, 4.69) is 0 Å². The van der Waals surface area contributed by atoms with E-state index in [1.54, 1.807) is 0 Å². The van der Waals surface area contributed by atoms with Gasteiger partial charge in [-0.15, -0.1) is 11.8 Å². The molecule has 1 fully saturated rings. The zero-order chi connectivity index (χ0) is 12.2. The van der Waals surface area contributed by atoms with E-state index in [0.29, 0.717) is 18.1 Å². The highest BCUT2D eigenvalue weighted by molar-refractivity contribution is 8.00. The van der Waals surface area contributed by atoms with Crippen molar-refractivity contribution in [2.45, 2.75) is 26.7 Å². The number of nitrogens with zero attached hydrogens (tertiary/aromatic N) is 1. The molecule has 0 spiro atoms. The summed E-state index contributed by atoms with van der Waals surface area (Å²) in [5, 5.41) is 9.43. The standard InChI is InChI=1S/C11H19NO3S/c1-3-11(4-2,8-13)7-12-9(14)5-16-6-10(12)15/h13H,3-8H2,1-2H3. The minimum absolute atomic E-state index is 0.0181. The second kappa shape index (κ2) is 5.68. The summed E-state index contributed by atoms with van der Waals surface area (Å²) in [5.74, 6) is 0.503. The van der Waals surface area contributed by atoms with Crippen LogP contribution in [0.1, 0.15) is 26.7 Å². The first-order valence-corrected chi connectivity index (χ1v) is 6.76. The number of imide groups is 1. The molecule has 1 N–H and O–H groups in total. The lowest BCUT2D eigenvalue weighted by Gasteiger charge is -2.36. The van der Waals surface area contributed by atoms with Gasteiger partial charge in [0.25, 0.3) is 0 Å². The molecule has 0 aromatic heterocycles. The highest BCUT2D eigenvalue weighted by Crippen LogP contribution is 2.28. The molecule has 0 unspecified atom stereocenters. The van der Waals surface area contributed by atoms with Crippen LogP contribution in [0.5, 0.6) is 0 Å². The van der Waals surface area contributed by atoms with Crippen molar-refractivity contribution in [3.8, 4) is 0 Å². The molecule has 2 amide bonds. The predicted molar refractivity (Wildman–Crippen MR) is 64.1 cm³/mol. The number of rotatable bonds is 5. The number of amides is 2. The first-order chi connectivity index (χ1) is 7.58. The average molecular weight is 245 g/mol. The van der Waals surface area contributed by atoms with Gasteiger partial charge in [-0.2, -0.15) is 0 Å². The number of thioether (sulfide) groups is 1. The molecule has 0 aromatic rings. The Morgan fingerprint density at radius 3 is 2.12 bits per heavy atom. The Morgan fingerprint density at radius 2 is 1.75 bits per heavy atom. The van der Waals surface area contributed by atoms with Crippen molar-refractivity contribution in [2.75, 3.05) is 24.7 Å². The Hall–Kier alpha value is -0.550. The van der Waals surface area contributed by atoms with Gasteiger partial charge in [0.1, 0.15) is 0 Å². The molecule has 0 radical (unpaired) electrons. The fourth-order valence-electron chi connectivity index (χ4n) is 1.78. The van der Waals surface area contributed by atoms with Crippen molar-refractivity contribution in [3.63, 3.8) is 0 Å². The van der Waals surface area contributed by atoms with E-state index in [-0.39, 0.29) is 23.8 Å². The minimum atomic E-state index is -0.326. The molecule has 92 valence electrons. The third-order valence-corrected chi connectivity index (χ3v) is 4.28. The summed E-state index contributed by atoms with van der Waals surface area (Å²) in [6, 6.07) is 0. The Kier molecular flexibility index (Phi) is 4.80. The van der Waals surface area contributed by atoms with Crippen LogP contribution >= 0.6 is 11.8 Å². The van der Waals surface area contributed by atoms with Crippen molar-refractivity contribution in [3.05, 3.63) is 0 Å². The van der Waals surface area contributed by atoms with Gasteiger partial charge < -0.3 is 5.11 Å². The van der Waals surface area contributed by atoms with E-state index in [0.717, 1.165) is 12.8 Å². The van der Waals surface area contributed by atoms with Gasteiger partial charge in [-0.05, 0) is 12.8 Å². The fraction of sp³-hybridized carbons (Fsp3) is 0.818. The van der Waals surface area contributed by atoms with Crippen molar-refractivity contribution < 1.29 is 14.7 Å². The Labute approximate surface area is 100 Å². The van der Waals surface area contributed by atoms with Crippen LogP contribution in [-0.4, -0.2) is 46.5 Å². The molecule has 1 saturated heterocycles. The highest BCUT2D eigenvalue weighted by atomic mass is 32.2. The van der Waals surface area contributed by atoms with E-state index >= 15 is 0 Å². The Bertz CT molecular complexity index is 252. The second-order valence-corrected chi connectivity index (χ2v) is 5.22. The monoisotopic (exact) mass is 245 g/mol. The van der Waals surface area contributed by atoms with Gasteiger partial charge in [0.15, 0.2) is 0 Å². The second-order valence-electron chi connectivity index (χ2n) is 4.23. The topological polar surface area (TPSA) is 57.6 Å². The van der Waals surface area contributed by atoms with E-state index in [4.69, 9.17) is 0 Å². The zero-order valence-corrected chi connectivity index (χ0v) is 10.7. The molecular formula is C11H19NO3S. The van der Waals surface area contributed by atoms with Crippen LogP contribution < -0.4 is 0 Å². The van der Waals surface area contributed by atoms with Gasteiger partial charge in [0, 0.05) is 12.0 Å². The number of carbonyl (C=O) groups excluding carboxylic acids is 2. The van der Waals surface area contributed by atoms with E-state index in [1.165, 1.54) is 16.7 Å². The molecule has 0 aromatic carbocycles. The van der Waals surface area contributed by atoms with Crippen molar-refractivity contribution in [1.29, 1.82) is 0 Å². The molecule has 5 heteroatoms. The van der Waals surface area contributed by atoms with E-state index in [9.17, 15) is 14.7 Å². The minimum Gasteiger partial charge on any atom is -0.396 e. The van der Waals surface area contributed by atoms with Gasteiger partial charge in [-0.3, -0.25) is 14.5 Å².